The molecule has 0 bridgehead atoms. The standard InChI is InChI=1S/C16H32ClNO/c1-2-3-4-5-6-7-8-9-10-13-16(19)18-15-12-11-14-17/h2-15H2,1H3,(H,18,19). The predicted octanol–water partition coefficient (Wildman–Crippen LogP) is 5.04. The van der Waals surface area contributed by atoms with Gasteiger partial charge in [0.05, 0.1) is 0 Å². The molecule has 19 heavy (non-hydrogen) atoms. The molecule has 2 nitrogen and oxygen atoms in total. The number of hydrogen-bond acceptors (Lipinski definition) is 1. The van der Waals surface area contributed by atoms with Gasteiger partial charge in [-0.25, -0.2) is 0 Å². The molecule has 0 rings (SSSR count). The van der Waals surface area contributed by atoms with Gasteiger partial charge < -0.3 is 5.32 Å². The lowest BCUT2D eigenvalue weighted by atomic mass is 10.1. The molecule has 0 saturated carbocycles. The van der Waals surface area contributed by atoms with E-state index in [1.54, 1.807) is 0 Å². The Kier molecular flexibility index (Phi) is 15.6. The Morgan fingerprint density at radius 2 is 1.42 bits per heavy atom. The minimum Gasteiger partial charge on any atom is -0.356 e. The number of rotatable bonds is 14. The molecule has 0 aliphatic heterocycles. The summed E-state index contributed by atoms with van der Waals surface area (Å²) in [5, 5.41) is 2.95. The molecule has 1 N–H and O–H groups in total. The third-order valence-electron chi connectivity index (χ3n) is 3.39. The lowest BCUT2D eigenvalue weighted by Gasteiger charge is -2.04. The summed E-state index contributed by atoms with van der Waals surface area (Å²) in [6.45, 7) is 3.03. The lowest BCUT2D eigenvalue weighted by molar-refractivity contribution is -0.121. The van der Waals surface area contributed by atoms with Crippen molar-refractivity contribution in [3.05, 3.63) is 0 Å². The molecule has 0 radical (unpaired) electrons. The van der Waals surface area contributed by atoms with Gasteiger partial charge in [0.2, 0.25) is 5.91 Å². The van der Waals surface area contributed by atoms with E-state index in [2.05, 4.69) is 12.2 Å². The number of hydrogen-bond donors (Lipinski definition) is 1. The van der Waals surface area contributed by atoms with E-state index in [0.29, 0.717) is 12.3 Å². The number of alkyl halides is 1. The molecule has 0 fully saturated rings. The van der Waals surface area contributed by atoms with Crippen LogP contribution >= 0.6 is 11.6 Å². The minimum atomic E-state index is 0.206. The summed E-state index contributed by atoms with van der Waals surface area (Å²) in [5.41, 5.74) is 0. The molecule has 0 atom stereocenters. The minimum absolute atomic E-state index is 0.206. The first-order valence-corrected chi connectivity index (χ1v) is 8.67. The molecule has 0 aliphatic carbocycles. The van der Waals surface area contributed by atoms with Gasteiger partial charge in [0, 0.05) is 18.8 Å². The summed E-state index contributed by atoms with van der Waals surface area (Å²) in [6.07, 6.45) is 14.4. The highest BCUT2D eigenvalue weighted by molar-refractivity contribution is 6.17. The highest BCUT2D eigenvalue weighted by atomic mass is 35.5. The summed E-state index contributed by atoms with van der Waals surface area (Å²) in [7, 11) is 0. The fraction of sp³-hybridized carbons (Fsp3) is 0.938. The Hall–Kier alpha value is -0.240. The Morgan fingerprint density at radius 3 is 2.00 bits per heavy atom. The zero-order chi connectivity index (χ0) is 14.2. The molecular weight excluding hydrogens is 258 g/mol. The largest absolute Gasteiger partial charge is 0.356 e. The van der Waals surface area contributed by atoms with Crippen molar-refractivity contribution in [1.29, 1.82) is 0 Å². The van der Waals surface area contributed by atoms with Crippen LogP contribution in [-0.2, 0) is 4.79 Å². The molecule has 0 spiro atoms. The van der Waals surface area contributed by atoms with Gasteiger partial charge in [-0.15, -0.1) is 11.6 Å². The maximum Gasteiger partial charge on any atom is 0.219 e. The van der Waals surface area contributed by atoms with Crippen molar-refractivity contribution in [2.45, 2.75) is 84.0 Å². The highest BCUT2D eigenvalue weighted by Crippen LogP contribution is 2.10. The molecule has 0 aromatic rings. The number of carbonyl (C=O) groups is 1. The van der Waals surface area contributed by atoms with Crippen LogP contribution in [0, 0.1) is 0 Å². The maximum atomic E-state index is 11.5. The van der Waals surface area contributed by atoms with E-state index in [9.17, 15) is 4.79 Å². The SMILES string of the molecule is CCCCCCCCCCCC(=O)NCCCCCl. The number of carbonyl (C=O) groups excluding carboxylic acids is 1. The first kappa shape index (κ1) is 18.8. The Morgan fingerprint density at radius 1 is 0.842 bits per heavy atom. The van der Waals surface area contributed by atoms with E-state index < -0.39 is 0 Å². The summed E-state index contributed by atoms with van der Waals surface area (Å²) < 4.78 is 0. The van der Waals surface area contributed by atoms with Crippen LogP contribution in [-0.4, -0.2) is 18.3 Å². The summed E-state index contributed by atoms with van der Waals surface area (Å²) in [4.78, 5) is 11.5. The van der Waals surface area contributed by atoms with Crippen LogP contribution in [0.4, 0.5) is 0 Å². The van der Waals surface area contributed by atoms with Gasteiger partial charge in [-0.1, -0.05) is 58.3 Å². The molecule has 0 aromatic heterocycles. The quantitative estimate of drug-likeness (QED) is 0.352. The van der Waals surface area contributed by atoms with E-state index in [0.717, 1.165) is 25.8 Å². The predicted molar refractivity (Wildman–Crippen MR) is 84.8 cm³/mol. The van der Waals surface area contributed by atoms with Gasteiger partial charge >= 0.3 is 0 Å². The van der Waals surface area contributed by atoms with E-state index in [1.165, 1.54) is 51.4 Å². The zero-order valence-corrected chi connectivity index (χ0v) is 13.4. The average Bonchev–Trinajstić information content (AvgIpc) is 2.42. The smallest absolute Gasteiger partial charge is 0.219 e. The van der Waals surface area contributed by atoms with Crippen molar-refractivity contribution in [1.82, 2.24) is 5.32 Å². The number of halogens is 1. The maximum absolute atomic E-state index is 11.5. The van der Waals surface area contributed by atoms with Crippen molar-refractivity contribution in [3.63, 3.8) is 0 Å². The van der Waals surface area contributed by atoms with Gasteiger partial charge in [-0.05, 0) is 19.3 Å². The second kappa shape index (κ2) is 15.8. The molecular formula is C16H32ClNO. The van der Waals surface area contributed by atoms with Gasteiger partial charge in [-0.2, -0.15) is 0 Å². The van der Waals surface area contributed by atoms with Crippen LogP contribution in [0.5, 0.6) is 0 Å². The number of amides is 1. The van der Waals surface area contributed by atoms with Crippen LogP contribution in [0.3, 0.4) is 0 Å². The van der Waals surface area contributed by atoms with E-state index in [-0.39, 0.29) is 5.91 Å². The summed E-state index contributed by atoms with van der Waals surface area (Å²) in [6, 6.07) is 0. The molecule has 114 valence electrons. The Labute approximate surface area is 124 Å². The van der Waals surface area contributed by atoms with E-state index >= 15 is 0 Å². The van der Waals surface area contributed by atoms with Crippen LogP contribution < -0.4 is 5.32 Å². The fourth-order valence-electron chi connectivity index (χ4n) is 2.13. The molecule has 3 heteroatoms. The second-order valence-corrected chi connectivity index (χ2v) is 5.70. The second-order valence-electron chi connectivity index (χ2n) is 5.32. The van der Waals surface area contributed by atoms with Gasteiger partial charge in [0.15, 0.2) is 0 Å². The number of unbranched alkanes of at least 4 members (excludes halogenated alkanes) is 9. The summed E-state index contributed by atoms with van der Waals surface area (Å²) >= 11 is 5.58. The third kappa shape index (κ3) is 15.7. The molecule has 0 saturated heterocycles. The van der Waals surface area contributed by atoms with Crippen LogP contribution in [0.15, 0.2) is 0 Å². The lowest BCUT2D eigenvalue weighted by Crippen LogP contribution is -2.24. The Bertz CT molecular complexity index is 197. The van der Waals surface area contributed by atoms with Gasteiger partial charge in [0.1, 0.15) is 0 Å². The fourth-order valence-corrected chi connectivity index (χ4v) is 2.32. The average molecular weight is 290 g/mol. The molecule has 1 amide bonds. The van der Waals surface area contributed by atoms with Crippen molar-refractivity contribution < 1.29 is 4.79 Å². The first-order valence-electron chi connectivity index (χ1n) is 8.14. The monoisotopic (exact) mass is 289 g/mol. The van der Waals surface area contributed by atoms with Gasteiger partial charge in [0.25, 0.3) is 0 Å². The van der Waals surface area contributed by atoms with E-state index in [4.69, 9.17) is 11.6 Å². The molecule has 0 unspecified atom stereocenters. The van der Waals surface area contributed by atoms with Crippen molar-refractivity contribution >= 4 is 17.5 Å². The Balaban J connectivity index is 3.10. The summed E-state index contributed by atoms with van der Waals surface area (Å²) in [5.74, 6) is 0.895. The molecule has 0 aromatic carbocycles. The van der Waals surface area contributed by atoms with Crippen molar-refractivity contribution in [2.75, 3.05) is 12.4 Å². The van der Waals surface area contributed by atoms with Crippen molar-refractivity contribution in [3.8, 4) is 0 Å². The highest BCUT2D eigenvalue weighted by Gasteiger charge is 2.00. The van der Waals surface area contributed by atoms with Crippen LogP contribution in [0.25, 0.3) is 0 Å². The van der Waals surface area contributed by atoms with Crippen LogP contribution in [0.1, 0.15) is 84.0 Å². The van der Waals surface area contributed by atoms with E-state index in [1.807, 2.05) is 0 Å². The normalized spacial score (nSPS) is 10.6. The van der Waals surface area contributed by atoms with Gasteiger partial charge in [-0.3, -0.25) is 4.79 Å². The first-order chi connectivity index (χ1) is 9.31. The number of nitrogens with one attached hydrogen (secondary N) is 1. The van der Waals surface area contributed by atoms with Crippen molar-refractivity contribution in [2.24, 2.45) is 0 Å². The third-order valence-corrected chi connectivity index (χ3v) is 3.66. The molecule has 0 heterocycles. The van der Waals surface area contributed by atoms with Crippen LogP contribution in [0.2, 0.25) is 0 Å². The topological polar surface area (TPSA) is 29.1 Å². The molecule has 0 aliphatic rings. The zero-order valence-electron chi connectivity index (χ0n) is 12.7.